The molecule has 0 unspecified atom stereocenters. The summed E-state index contributed by atoms with van der Waals surface area (Å²) in [6.07, 6.45) is 1.90. The molecule has 0 aliphatic carbocycles. The summed E-state index contributed by atoms with van der Waals surface area (Å²) in [6, 6.07) is 1.82. The van der Waals surface area contributed by atoms with Crippen molar-refractivity contribution in [3.05, 3.63) is 40.0 Å². The summed E-state index contributed by atoms with van der Waals surface area (Å²) in [5.74, 6) is -1.39. The van der Waals surface area contributed by atoms with Crippen LogP contribution >= 0.6 is 34.2 Å². The minimum atomic E-state index is -3.32. The van der Waals surface area contributed by atoms with Crippen LogP contribution in [0.1, 0.15) is 24.1 Å². The molecule has 0 atom stereocenters. The van der Waals surface area contributed by atoms with Crippen molar-refractivity contribution < 1.29 is 17.2 Å². The van der Waals surface area contributed by atoms with Crippen LogP contribution in [0.5, 0.6) is 0 Å². The molecular weight excluding hydrogens is 511 g/mol. The van der Waals surface area contributed by atoms with Gasteiger partial charge in [0, 0.05) is 22.6 Å². The number of anilines is 1. The molecule has 5 nitrogen and oxygen atoms in total. The number of piperidine rings is 1. The lowest BCUT2D eigenvalue weighted by molar-refractivity contribution is 0.594. The van der Waals surface area contributed by atoms with Crippen molar-refractivity contribution >= 4 is 49.8 Å². The van der Waals surface area contributed by atoms with E-state index in [1.165, 1.54) is 0 Å². The SMILES string of the molecule is O=S1(=O)Cc2nc(-c3cc(F)c(Cl)cc3F)nc(N3CCC(I)CC3)c2C1. The van der Waals surface area contributed by atoms with E-state index in [1.807, 2.05) is 4.90 Å². The molecule has 0 N–H and O–H groups in total. The highest BCUT2D eigenvalue weighted by molar-refractivity contribution is 14.1. The van der Waals surface area contributed by atoms with E-state index >= 15 is 0 Å². The second kappa shape index (κ2) is 7.07. The Kier molecular flexibility index (Phi) is 5.04. The first-order valence-corrected chi connectivity index (χ1v) is 11.8. The molecule has 1 aromatic carbocycles. The van der Waals surface area contributed by atoms with Crippen molar-refractivity contribution in [1.82, 2.24) is 9.97 Å². The molecule has 0 spiro atoms. The number of hydrogen-bond donors (Lipinski definition) is 0. The zero-order chi connectivity index (χ0) is 19.3. The second-order valence-electron chi connectivity index (χ2n) is 6.74. The average Bonchev–Trinajstić information content (AvgIpc) is 2.92. The molecule has 4 rings (SSSR count). The normalized spacial score (nSPS) is 19.3. The molecule has 0 amide bonds. The van der Waals surface area contributed by atoms with Crippen LogP contribution < -0.4 is 4.90 Å². The van der Waals surface area contributed by atoms with Crippen molar-refractivity contribution in [3.8, 4) is 11.4 Å². The maximum Gasteiger partial charge on any atom is 0.164 e. The van der Waals surface area contributed by atoms with Crippen molar-refractivity contribution in [2.45, 2.75) is 28.3 Å². The Labute approximate surface area is 174 Å². The number of alkyl halides is 1. The third-order valence-electron chi connectivity index (χ3n) is 4.77. The number of halogens is 4. The van der Waals surface area contributed by atoms with Crippen molar-refractivity contribution in [2.75, 3.05) is 18.0 Å². The van der Waals surface area contributed by atoms with E-state index in [9.17, 15) is 17.2 Å². The van der Waals surface area contributed by atoms with Gasteiger partial charge in [0.05, 0.1) is 27.8 Å². The minimum Gasteiger partial charge on any atom is -0.356 e. The first-order valence-electron chi connectivity index (χ1n) is 8.37. The highest BCUT2D eigenvalue weighted by Gasteiger charge is 2.33. The highest BCUT2D eigenvalue weighted by atomic mass is 127. The molecule has 2 aliphatic rings. The summed E-state index contributed by atoms with van der Waals surface area (Å²) in [5, 5.41) is -0.329. The van der Waals surface area contributed by atoms with E-state index in [2.05, 4.69) is 32.6 Å². The Morgan fingerprint density at radius 3 is 2.52 bits per heavy atom. The van der Waals surface area contributed by atoms with E-state index in [0.717, 1.165) is 38.1 Å². The van der Waals surface area contributed by atoms with Crippen LogP contribution in [0.3, 0.4) is 0 Å². The van der Waals surface area contributed by atoms with Gasteiger partial charge in [0.1, 0.15) is 17.5 Å². The van der Waals surface area contributed by atoms with Crippen LogP contribution in [0.2, 0.25) is 5.02 Å². The predicted molar refractivity (Wildman–Crippen MR) is 108 cm³/mol. The molecule has 1 saturated heterocycles. The number of rotatable bonds is 2. The van der Waals surface area contributed by atoms with Gasteiger partial charge in [-0.2, -0.15) is 0 Å². The molecule has 0 bridgehead atoms. The van der Waals surface area contributed by atoms with Gasteiger partial charge in [-0.25, -0.2) is 27.2 Å². The number of benzene rings is 1. The lowest BCUT2D eigenvalue weighted by Gasteiger charge is -2.31. The topological polar surface area (TPSA) is 63.2 Å². The van der Waals surface area contributed by atoms with Gasteiger partial charge < -0.3 is 4.90 Å². The molecule has 2 aromatic rings. The molecule has 10 heteroatoms. The third kappa shape index (κ3) is 3.77. The van der Waals surface area contributed by atoms with Crippen molar-refractivity contribution in [2.24, 2.45) is 0 Å². The van der Waals surface area contributed by atoms with Crippen LogP contribution in [0.4, 0.5) is 14.6 Å². The Hall–Kier alpha value is -1.07. The molecule has 1 aromatic heterocycles. The maximum absolute atomic E-state index is 14.4. The Morgan fingerprint density at radius 1 is 1.11 bits per heavy atom. The van der Waals surface area contributed by atoms with Crippen LogP contribution in [0, 0.1) is 11.6 Å². The second-order valence-corrected chi connectivity index (χ2v) is 11.0. The van der Waals surface area contributed by atoms with Gasteiger partial charge >= 0.3 is 0 Å². The van der Waals surface area contributed by atoms with Gasteiger partial charge in [-0.1, -0.05) is 34.2 Å². The lowest BCUT2D eigenvalue weighted by Crippen LogP contribution is -2.35. The van der Waals surface area contributed by atoms with E-state index in [-0.39, 0.29) is 27.9 Å². The molecule has 2 aliphatic heterocycles. The summed E-state index contributed by atoms with van der Waals surface area (Å²) in [7, 11) is -3.32. The Bertz CT molecular complexity index is 1030. The fourth-order valence-electron chi connectivity index (χ4n) is 3.40. The maximum atomic E-state index is 14.4. The van der Waals surface area contributed by atoms with Crippen LogP contribution in [-0.4, -0.2) is 35.4 Å². The van der Waals surface area contributed by atoms with Crippen LogP contribution in [0.15, 0.2) is 12.1 Å². The number of fused-ring (bicyclic) bond motifs is 1. The molecule has 0 saturated carbocycles. The van der Waals surface area contributed by atoms with Gasteiger partial charge in [0.25, 0.3) is 0 Å². The zero-order valence-corrected chi connectivity index (χ0v) is 17.8. The summed E-state index contributed by atoms with van der Waals surface area (Å²) in [6.45, 7) is 1.46. The number of sulfone groups is 1. The van der Waals surface area contributed by atoms with Gasteiger partial charge in [0.2, 0.25) is 0 Å². The first-order chi connectivity index (χ1) is 12.7. The molecular formula is C17H15ClF2IN3O2S. The predicted octanol–water partition coefficient (Wildman–Crippen LogP) is 3.91. The van der Waals surface area contributed by atoms with Gasteiger partial charge in [0.15, 0.2) is 15.7 Å². The summed E-state index contributed by atoms with van der Waals surface area (Å²) >= 11 is 8.02. The van der Waals surface area contributed by atoms with Gasteiger partial charge in [-0.05, 0) is 25.0 Å². The van der Waals surface area contributed by atoms with E-state index in [0.29, 0.717) is 21.0 Å². The van der Waals surface area contributed by atoms with Crippen LogP contribution in [0.25, 0.3) is 11.4 Å². The lowest BCUT2D eigenvalue weighted by atomic mass is 10.1. The molecule has 3 heterocycles. The summed E-state index contributed by atoms with van der Waals surface area (Å²) in [5.41, 5.74) is 0.802. The molecule has 1 fully saturated rings. The Morgan fingerprint density at radius 2 is 1.81 bits per heavy atom. The van der Waals surface area contributed by atoms with Gasteiger partial charge in [-0.15, -0.1) is 0 Å². The van der Waals surface area contributed by atoms with E-state index < -0.39 is 21.5 Å². The monoisotopic (exact) mass is 525 g/mol. The van der Waals surface area contributed by atoms with Gasteiger partial charge in [-0.3, -0.25) is 0 Å². The molecule has 0 radical (unpaired) electrons. The smallest absolute Gasteiger partial charge is 0.164 e. The van der Waals surface area contributed by atoms with E-state index in [4.69, 9.17) is 11.6 Å². The van der Waals surface area contributed by atoms with E-state index in [1.54, 1.807) is 0 Å². The standard InChI is InChI=1S/C17H15ClF2IN3O2S/c18-12-6-13(19)10(5-14(12)20)16-22-15-8-27(25,26)7-11(15)17(23-16)24-3-1-9(21)2-4-24/h5-6,9H,1-4,7-8H2. The number of nitrogens with zero attached hydrogens (tertiary/aromatic N) is 3. The third-order valence-corrected chi connectivity index (χ3v) is 7.74. The summed E-state index contributed by atoms with van der Waals surface area (Å²) < 4.78 is 53.1. The summed E-state index contributed by atoms with van der Waals surface area (Å²) in [4.78, 5) is 10.7. The van der Waals surface area contributed by atoms with Crippen molar-refractivity contribution in [3.63, 3.8) is 0 Å². The first kappa shape index (κ1) is 19.3. The molecule has 144 valence electrons. The number of hydrogen-bond acceptors (Lipinski definition) is 5. The zero-order valence-electron chi connectivity index (χ0n) is 14.1. The van der Waals surface area contributed by atoms with Crippen molar-refractivity contribution in [1.29, 1.82) is 0 Å². The highest BCUT2D eigenvalue weighted by Crippen LogP contribution is 2.36. The fourth-order valence-corrected chi connectivity index (χ4v) is 5.60. The largest absolute Gasteiger partial charge is 0.356 e. The number of aromatic nitrogens is 2. The average molecular weight is 526 g/mol. The minimum absolute atomic E-state index is 0.0227. The Balaban J connectivity index is 1.86. The quantitative estimate of drug-likeness (QED) is 0.338. The molecule has 27 heavy (non-hydrogen) atoms. The van der Waals surface area contributed by atoms with Crippen LogP contribution in [-0.2, 0) is 21.3 Å². The fraction of sp³-hybridized carbons (Fsp3) is 0.412.